The number of nitrogens with one attached hydrogen (secondary N) is 1. The molecule has 0 radical (unpaired) electrons. The third kappa shape index (κ3) is 2.05. The highest BCUT2D eigenvalue weighted by molar-refractivity contribution is 6.07. The van der Waals surface area contributed by atoms with E-state index < -0.39 is 5.97 Å². The Labute approximate surface area is 115 Å². The molecule has 2 N–H and O–H groups in total. The lowest BCUT2D eigenvalue weighted by atomic mass is 10.1. The van der Waals surface area contributed by atoms with Crippen LogP contribution in [0, 0.1) is 0 Å². The Hall–Kier alpha value is -2.62. The Morgan fingerprint density at radius 2 is 2.10 bits per heavy atom. The summed E-state index contributed by atoms with van der Waals surface area (Å²) in [5.74, 6) is -0.895. The fraction of sp³-hybridized carbons (Fsp3) is 0.125. The number of aliphatic carboxylic acids is 1. The van der Waals surface area contributed by atoms with Gasteiger partial charge in [-0.2, -0.15) is 0 Å². The summed E-state index contributed by atoms with van der Waals surface area (Å²) in [5, 5.41) is 11.3. The van der Waals surface area contributed by atoms with Crippen LogP contribution in [0.15, 0.2) is 42.1 Å². The number of carbonyl (C=O) groups is 1. The molecule has 0 fully saturated rings. The Morgan fingerprint density at radius 1 is 1.30 bits per heavy atom. The van der Waals surface area contributed by atoms with Gasteiger partial charge in [-0.3, -0.25) is 4.98 Å². The van der Waals surface area contributed by atoms with Crippen molar-refractivity contribution >= 4 is 33.9 Å². The number of carboxylic acids is 1. The lowest BCUT2D eigenvalue weighted by Crippen LogP contribution is -1.99. The predicted molar refractivity (Wildman–Crippen MR) is 79.5 cm³/mol. The molecule has 2 aromatic heterocycles. The normalized spacial score (nSPS) is 12.2. The van der Waals surface area contributed by atoms with E-state index in [9.17, 15) is 4.79 Å². The Bertz CT molecular complexity index is 831. The molecule has 0 saturated carbocycles. The van der Waals surface area contributed by atoms with Crippen molar-refractivity contribution in [2.45, 2.75) is 13.3 Å². The standard InChI is InChI=1S/C16H14N2O2/c1-2-10(16(19)20)7-11-8-13-12-5-3-4-6-14(12)18-15(13)9-17-11/h3-9,18H,2H2,1H3,(H,19,20). The summed E-state index contributed by atoms with van der Waals surface area (Å²) in [7, 11) is 0. The highest BCUT2D eigenvalue weighted by Gasteiger charge is 2.07. The number of carboxylic acid groups (broad SMARTS) is 1. The maximum absolute atomic E-state index is 11.1. The molecule has 0 aliphatic heterocycles. The Morgan fingerprint density at radius 3 is 2.85 bits per heavy atom. The SMILES string of the molecule is CCC(=Cc1cc2c(cn1)[nH]c1ccccc12)C(=O)O. The first-order valence-electron chi connectivity index (χ1n) is 6.49. The average Bonchev–Trinajstić information content (AvgIpc) is 2.82. The van der Waals surface area contributed by atoms with Gasteiger partial charge >= 0.3 is 5.97 Å². The molecular weight excluding hydrogens is 252 g/mol. The van der Waals surface area contributed by atoms with Crippen LogP contribution in [0.4, 0.5) is 0 Å². The second kappa shape index (κ2) is 4.81. The maximum Gasteiger partial charge on any atom is 0.331 e. The fourth-order valence-corrected chi connectivity index (χ4v) is 2.34. The van der Waals surface area contributed by atoms with Crippen LogP contribution >= 0.6 is 0 Å². The number of para-hydroxylation sites is 1. The molecule has 0 spiro atoms. The number of rotatable bonds is 3. The van der Waals surface area contributed by atoms with Crippen molar-refractivity contribution < 1.29 is 9.90 Å². The zero-order valence-electron chi connectivity index (χ0n) is 11.1. The quantitative estimate of drug-likeness (QED) is 0.712. The van der Waals surface area contributed by atoms with Gasteiger partial charge in [0, 0.05) is 21.9 Å². The first kappa shape index (κ1) is 12.4. The molecule has 0 aliphatic rings. The first-order chi connectivity index (χ1) is 9.69. The summed E-state index contributed by atoms with van der Waals surface area (Å²) in [6, 6.07) is 9.94. The van der Waals surface area contributed by atoms with E-state index in [1.165, 1.54) is 0 Å². The number of H-pyrrole nitrogens is 1. The van der Waals surface area contributed by atoms with E-state index >= 15 is 0 Å². The number of fused-ring (bicyclic) bond motifs is 3. The zero-order chi connectivity index (χ0) is 14.1. The minimum Gasteiger partial charge on any atom is -0.478 e. The van der Waals surface area contributed by atoms with Gasteiger partial charge in [0.2, 0.25) is 0 Å². The number of pyridine rings is 1. The smallest absolute Gasteiger partial charge is 0.331 e. The molecule has 4 heteroatoms. The van der Waals surface area contributed by atoms with Crippen LogP contribution in [0.2, 0.25) is 0 Å². The number of hydrogen-bond acceptors (Lipinski definition) is 2. The molecule has 0 atom stereocenters. The summed E-state index contributed by atoms with van der Waals surface area (Å²) in [6.45, 7) is 1.82. The lowest BCUT2D eigenvalue weighted by Gasteiger charge is -1.99. The van der Waals surface area contributed by atoms with Crippen molar-refractivity contribution in [1.82, 2.24) is 9.97 Å². The number of benzene rings is 1. The highest BCUT2D eigenvalue weighted by atomic mass is 16.4. The van der Waals surface area contributed by atoms with Gasteiger partial charge in [-0.25, -0.2) is 4.79 Å². The third-order valence-corrected chi connectivity index (χ3v) is 3.39. The van der Waals surface area contributed by atoms with Gasteiger partial charge in [0.15, 0.2) is 0 Å². The molecule has 3 aromatic rings. The van der Waals surface area contributed by atoms with E-state index in [0.29, 0.717) is 17.7 Å². The third-order valence-electron chi connectivity index (χ3n) is 3.39. The van der Waals surface area contributed by atoms with Gasteiger partial charge in [0.05, 0.1) is 17.4 Å². The molecule has 0 aliphatic carbocycles. The maximum atomic E-state index is 11.1. The minimum absolute atomic E-state index is 0.358. The van der Waals surface area contributed by atoms with Crippen LogP contribution in [0.25, 0.3) is 27.9 Å². The summed E-state index contributed by atoms with van der Waals surface area (Å²) >= 11 is 0. The minimum atomic E-state index is -0.895. The van der Waals surface area contributed by atoms with Gasteiger partial charge in [-0.1, -0.05) is 25.1 Å². The molecule has 0 saturated heterocycles. The van der Waals surface area contributed by atoms with Crippen molar-refractivity contribution in [3.05, 3.63) is 47.8 Å². The van der Waals surface area contributed by atoms with Gasteiger partial charge in [0.25, 0.3) is 0 Å². The van der Waals surface area contributed by atoms with Gasteiger partial charge < -0.3 is 10.1 Å². The molecule has 100 valence electrons. The molecule has 1 aromatic carbocycles. The van der Waals surface area contributed by atoms with Crippen LogP contribution in [0.5, 0.6) is 0 Å². The summed E-state index contributed by atoms with van der Waals surface area (Å²) in [5.41, 5.74) is 3.04. The largest absolute Gasteiger partial charge is 0.478 e. The molecule has 0 amide bonds. The van der Waals surface area contributed by atoms with Crippen LogP contribution in [0.3, 0.4) is 0 Å². The van der Waals surface area contributed by atoms with Crippen molar-refractivity contribution in [3.63, 3.8) is 0 Å². The average molecular weight is 266 g/mol. The lowest BCUT2D eigenvalue weighted by molar-refractivity contribution is -0.132. The predicted octanol–water partition coefficient (Wildman–Crippen LogP) is 3.59. The number of nitrogens with zero attached hydrogens (tertiary/aromatic N) is 1. The summed E-state index contributed by atoms with van der Waals surface area (Å²) in [4.78, 5) is 18.7. The molecule has 2 heterocycles. The summed E-state index contributed by atoms with van der Waals surface area (Å²) < 4.78 is 0. The number of hydrogen-bond donors (Lipinski definition) is 2. The Balaban J connectivity index is 2.19. The number of aromatic nitrogens is 2. The molecule has 20 heavy (non-hydrogen) atoms. The van der Waals surface area contributed by atoms with E-state index in [-0.39, 0.29) is 0 Å². The highest BCUT2D eigenvalue weighted by Crippen LogP contribution is 2.25. The van der Waals surface area contributed by atoms with E-state index in [4.69, 9.17) is 5.11 Å². The Kier molecular flexibility index (Phi) is 2.99. The van der Waals surface area contributed by atoms with E-state index in [1.54, 1.807) is 12.3 Å². The molecular formula is C16H14N2O2. The summed E-state index contributed by atoms with van der Waals surface area (Å²) in [6.07, 6.45) is 3.85. The second-order valence-electron chi connectivity index (χ2n) is 4.65. The van der Waals surface area contributed by atoms with Crippen molar-refractivity contribution in [1.29, 1.82) is 0 Å². The molecule has 0 unspecified atom stereocenters. The van der Waals surface area contributed by atoms with Crippen LogP contribution in [0.1, 0.15) is 19.0 Å². The van der Waals surface area contributed by atoms with Crippen molar-refractivity contribution in [2.24, 2.45) is 0 Å². The second-order valence-corrected chi connectivity index (χ2v) is 4.65. The molecule has 0 bridgehead atoms. The topological polar surface area (TPSA) is 66.0 Å². The van der Waals surface area contributed by atoms with Crippen molar-refractivity contribution in [2.75, 3.05) is 0 Å². The molecule has 3 rings (SSSR count). The zero-order valence-corrected chi connectivity index (χ0v) is 11.1. The molecule has 4 nitrogen and oxygen atoms in total. The fourth-order valence-electron chi connectivity index (χ4n) is 2.34. The monoisotopic (exact) mass is 266 g/mol. The van der Waals surface area contributed by atoms with E-state index in [1.807, 2.05) is 37.3 Å². The van der Waals surface area contributed by atoms with Crippen LogP contribution in [-0.4, -0.2) is 21.0 Å². The van der Waals surface area contributed by atoms with Gasteiger partial charge in [-0.15, -0.1) is 0 Å². The van der Waals surface area contributed by atoms with Crippen LogP contribution in [-0.2, 0) is 4.79 Å². The van der Waals surface area contributed by atoms with E-state index in [0.717, 1.165) is 21.8 Å². The first-order valence-corrected chi connectivity index (χ1v) is 6.49. The van der Waals surface area contributed by atoms with Crippen molar-refractivity contribution in [3.8, 4) is 0 Å². The van der Waals surface area contributed by atoms with Gasteiger partial charge in [-0.05, 0) is 24.6 Å². The van der Waals surface area contributed by atoms with E-state index in [2.05, 4.69) is 9.97 Å². The number of aromatic amines is 1. The van der Waals surface area contributed by atoms with Gasteiger partial charge in [0.1, 0.15) is 0 Å². The van der Waals surface area contributed by atoms with Crippen LogP contribution < -0.4 is 0 Å².